The van der Waals surface area contributed by atoms with E-state index in [9.17, 15) is 14.4 Å². The number of rotatable bonds is 11. The Bertz CT molecular complexity index is 1100. The summed E-state index contributed by atoms with van der Waals surface area (Å²) in [7, 11) is 0. The van der Waals surface area contributed by atoms with Crippen LogP contribution in [0, 0.1) is 6.92 Å². The van der Waals surface area contributed by atoms with Crippen molar-refractivity contribution < 1.29 is 28.3 Å². The third kappa shape index (κ3) is 7.58. The van der Waals surface area contributed by atoms with Crippen molar-refractivity contribution in [3.63, 3.8) is 0 Å². The second-order valence-electron chi connectivity index (χ2n) is 7.76. The highest BCUT2D eigenvalue weighted by Crippen LogP contribution is 2.21. The van der Waals surface area contributed by atoms with E-state index < -0.39 is 24.5 Å². The van der Waals surface area contributed by atoms with Crippen LogP contribution in [0.15, 0.2) is 59.1 Å². The molecule has 1 N–H and O–H groups in total. The van der Waals surface area contributed by atoms with Gasteiger partial charge in [0.1, 0.15) is 0 Å². The van der Waals surface area contributed by atoms with Crippen LogP contribution in [0.3, 0.4) is 0 Å². The van der Waals surface area contributed by atoms with Crippen molar-refractivity contribution in [3.05, 3.63) is 71.7 Å². The van der Waals surface area contributed by atoms with Crippen molar-refractivity contribution >= 4 is 23.5 Å². The molecular formula is C26H28N2O6. The van der Waals surface area contributed by atoms with E-state index in [1.807, 2.05) is 38.1 Å². The van der Waals surface area contributed by atoms with E-state index in [0.29, 0.717) is 29.5 Å². The summed E-state index contributed by atoms with van der Waals surface area (Å²) >= 11 is 0. The summed E-state index contributed by atoms with van der Waals surface area (Å²) in [5.41, 5.74) is 2.94. The number of esters is 2. The number of aryl methyl sites for hydroxylation is 2. The van der Waals surface area contributed by atoms with Crippen LogP contribution in [0.2, 0.25) is 0 Å². The molecule has 0 unspecified atom stereocenters. The smallest absolute Gasteiger partial charge is 0.338 e. The minimum absolute atomic E-state index is 0.0377. The molecule has 3 rings (SSSR count). The molecule has 1 amide bonds. The lowest BCUT2D eigenvalue weighted by Crippen LogP contribution is -2.21. The molecule has 8 heteroatoms. The molecule has 0 aliphatic carbocycles. The van der Waals surface area contributed by atoms with E-state index in [-0.39, 0.29) is 12.8 Å². The Kier molecular flexibility index (Phi) is 8.96. The Morgan fingerprint density at radius 1 is 1.00 bits per heavy atom. The number of aromatic nitrogens is 1. The summed E-state index contributed by atoms with van der Waals surface area (Å²) in [6.07, 6.45) is 3.68. The molecule has 0 aliphatic rings. The number of ether oxygens (including phenoxy) is 2. The highest BCUT2D eigenvalue weighted by molar-refractivity contribution is 5.94. The first-order chi connectivity index (χ1) is 16.4. The van der Waals surface area contributed by atoms with Gasteiger partial charge in [0.15, 0.2) is 18.3 Å². The standard InChI is InChI=1S/C26H28N2O6/c1-3-4-15-32-26(31)20-9-11-21(12-10-20)28-23(29)17-33-25(30)14-13-24-27-16-22(34-24)19-7-5-18(2)6-8-19/h5-12,16H,3-4,13-15,17H2,1-2H3,(H,28,29). The van der Waals surface area contributed by atoms with Gasteiger partial charge in [-0.25, -0.2) is 9.78 Å². The van der Waals surface area contributed by atoms with Crippen molar-refractivity contribution in [2.75, 3.05) is 18.5 Å². The van der Waals surface area contributed by atoms with Crippen molar-refractivity contribution in [1.29, 1.82) is 0 Å². The van der Waals surface area contributed by atoms with Crippen molar-refractivity contribution in [1.82, 2.24) is 4.98 Å². The summed E-state index contributed by atoms with van der Waals surface area (Å²) in [5, 5.41) is 2.62. The topological polar surface area (TPSA) is 108 Å². The van der Waals surface area contributed by atoms with Gasteiger partial charge in [0.25, 0.3) is 5.91 Å². The van der Waals surface area contributed by atoms with E-state index in [1.165, 1.54) is 0 Å². The molecule has 34 heavy (non-hydrogen) atoms. The van der Waals surface area contributed by atoms with Gasteiger partial charge in [-0.15, -0.1) is 0 Å². The average molecular weight is 465 g/mol. The fraction of sp³-hybridized carbons (Fsp3) is 0.308. The van der Waals surface area contributed by atoms with Gasteiger partial charge in [-0.1, -0.05) is 43.2 Å². The van der Waals surface area contributed by atoms with Crippen molar-refractivity contribution in [2.45, 2.75) is 39.5 Å². The molecule has 1 aromatic heterocycles. The zero-order valence-electron chi connectivity index (χ0n) is 19.3. The number of unbranched alkanes of at least 4 members (excludes halogenated alkanes) is 1. The van der Waals surface area contributed by atoms with Gasteiger partial charge in [0, 0.05) is 17.7 Å². The molecule has 3 aromatic rings. The Labute approximate surface area is 198 Å². The number of amides is 1. The summed E-state index contributed by atoms with van der Waals surface area (Å²) in [5.74, 6) is -0.370. The van der Waals surface area contributed by atoms with E-state index >= 15 is 0 Å². The number of hydrogen-bond donors (Lipinski definition) is 1. The van der Waals surface area contributed by atoms with Gasteiger partial charge in [0.2, 0.25) is 0 Å². The Balaban J connectivity index is 1.38. The molecule has 0 spiro atoms. The number of hydrogen-bond acceptors (Lipinski definition) is 7. The molecule has 0 saturated heterocycles. The molecular weight excluding hydrogens is 436 g/mol. The fourth-order valence-corrected chi connectivity index (χ4v) is 2.98. The van der Waals surface area contributed by atoms with E-state index in [4.69, 9.17) is 13.9 Å². The summed E-state index contributed by atoms with van der Waals surface area (Å²) in [4.78, 5) is 40.1. The largest absolute Gasteiger partial charge is 0.462 e. The maximum absolute atomic E-state index is 12.1. The van der Waals surface area contributed by atoms with Crippen LogP contribution in [0.4, 0.5) is 5.69 Å². The normalized spacial score (nSPS) is 10.5. The third-order valence-electron chi connectivity index (χ3n) is 4.93. The first-order valence-electron chi connectivity index (χ1n) is 11.2. The molecule has 1 heterocycles. The maximum Gasteiger partial charge on any atom is 0.338 e. The van der Waals surface area contributed by atoms with Gasteiger partial charge < -0.3 is 19.2 Å². The van der Waals surface area contributed by atoms with Crippen molar-refractivity contribution in [3.8, 4) is 11.3 Å². The summed E-state index contributed by atoms with van der Waals surface area (Å²) in [6.45, 7) is 3.98. The Morgan fingerprint density at radius 2 is 1.74 bits per heavy atom. The predicted molar refractivity (Wildman–Crippen MR) is 126 cm³/mol. The quantitative estimate of drug-likeness (QED) is 0.323. The van der Waals surface area contributed by atoms with Gasteiger partial charge in [-0.05, 0) is 37.6 Å². The number of nitrogens with zero attached hydrogens (tertiary/aromatic N) is 1. The predicted octanol–water partition coefficient (Wildman–Crippen LogP) is 4.72. The average Bonchev–Trinajstić information content (AvgIpc) is 3.31. The highest BCUT2D eigenvalue weighted by Gasteiger charge is 2.12. The zero-order valence-corrected chi connectivity index (χ0v) is 19.3. The number of anilines is 1. The Morgan fingerprint density at radius 3 is 2.44 bits per heavy atom. The molecule has 0 atom stereocenters. The van der Waals surface area contributed by atoms with Crippen LogP contribution in [0.5, 0.6) is 0 Å². The molecule has 0 aliphatic heterocycles. The molecule has 0 fully saturated rings. The van der Waals surface area contributed by atoms with E-state index in [1.54, 1.807) is 30.5 Å². The molecule has 0 bridgehead atoms. The van der Waals surface area contributed by atoms with Crippen LogP contribution in [0.25, 0.3) is 11.3 Å². The number of carbonyl (C=O) groups is 3. The fourth-order valence-electron chi connectivity index (χ4n) is 2.98. The lowest BCUT2D eigenvalue weighted by molar-refractivity contribution is -0.147. The molecule has 8 nitrogen and oxygen atoms in total. The lowest BCUT2D eigenvalue weighted by Gasteiger charge is -2.08. The van der Waals surface area contributed by atoms with Crippen LogP contribution in [-0.4, -0.2) is 36.0 Å². The minimum atomic E-state index is -0.532. The molecule has 0 saturated carbocycles. The van der Waals surface area contributed by atoms with Gasteiger partial charge in [0.05, 0.1) is 24.8 Å². The van der Waals surface area contributed by atoms with Gasteiger partial charge >= 0.3 is 11.9 Å². The maximum atomic E-state index is 12.1. The number of nitrogens with one attached hydrogen (secondary N) is 1. The molecule has 178 valence electrons. The first-order valence-corrected chi connectivity index (χ1v) is 11.2. The van der Waals surface area contributed by atoms with Crippen molar-refractivity contribution in [2.24, 2.45) is 0 Å². The highest BCUT2D eigenvalue weighted by atomic mass is 16.5. The van der Waals surface area contributed by atoms with Gasteiger partial charge in [-0.2, -0.15) is 0 Å². The Hall–Kier alpha value is -3.94. The minimum Gasteiger partial charge on any atom is -0.462 e. The zero-order chi connectivity index (χ0) is 24.3. The summed E-state index contributed by atoms with van der Waals surface area (Å²) < 4.78 is 15.9. The number of benzene rings is 2. The second-order valence-corrected chi connectivity index (χ2v) is 7.76. The number of carbonyl (C=O) groups excluding carboxylic acids is 3. The van der Waals surface area contributed by atoms with E-state index in [0.717, 1.165) is 24.0 Å². The van der Waals surface area contributed by atoms with Crippen LogP contribution in [0.1, 0.15) is 48.0 Å². The summed E-state index contributed by atoms with van der Waals surface area (Å²) in [6, 6.07) is 14.2. The van der Waals surface area contributed by atoms with Gasteiger partial charge in [-0.3, -0.25) is 9.59 Å². The second kappa shape index (κ2) is 12.3. The number of oxazole rings is 1. The SMILES string of the molecule is CCCCOC(=O)c1ccc(NC(=O)COC(=O)CCc2ncc(-c3ccc(C)cc3)o2)cc1. The first kappa shape index (κ1) is 24.7. The van der Waals surface area contributed by atoms with E-state index in [2.05, 4.69) is 10.3 Å². The van der Waals surface area contributed by atoms with Crippen LogP contribution < -0.4 is 5.32 Å². The molecule has 2 aromatic carbocycles. The lowest BCUT2D eigenvalue weighted by atomic mass is 10.1. The third-order valence-corrected chi connectivity index (χ3v) is 4.93. The van der Waals surface area contributed by atoms with Crippen LogP contribution >= 0.6 is 0 Å². The van der Waals surface area contributed by atoms with Crippen LogP contribution in [-0.2, 0) is 25.5 Å². The molecule has 0 radical (unpaired) electrons. The monoisotopic (exact) mass is 464 g/mol.